The van der Waals surface area contributed by atoms with E-state index in [2.05, 4.69) is 6.58 Å². The van der Waals surface area contributed by atoms with Crippen molar-refractivity contribution in [3.63, 3.8) is 0 Å². The molecule has 1 aromatic rings. The van der Waals surface area contributed by atoms with Gasteiger partial charge in [-0.25, -0.2) is 0 Å². The second-order valence-corrected chi connectivity index (χ2v) is 5.22. The van der Waals surface area contributed by atoms with E-state index < -0.39 is 0 Å². The van der Waals surface area contributed by atoms with Crippen LogP contribution >= 0.6 is 23.4 Å². The zero-order chi connectivity index (χ0) is 11.3. The third-order valence-electron chi connectivity index (χ3n) is 1.87. The molecule has 0 spiro atoms. The number of nitrogens with two attached hydrogens (primary N) is 1. The van der Waals surface area contributed by atoms with Crippen LogP contribution in [-0.2, 0) is 0 Å². The monoisotopic (exact) mass is 241 g/mol. The highest BCUT2D eigenvalue weighted by Crippen LogP contribution is 2.22. The van der Waals surface area contributed by atoms with Crippen molar-refractivity contribution in [1.29, 1.82) is 0 Å². The first-order chi connectivity index (χ1) is 7.08. The Morgan fingerprint density at radius 1 is 1.60 bits per heavy atom. The molecular weight excluding hydrogens is 226 g/mol. The van der Waals surface area contributed by atoms with E-state index in [9.17, 15) is 0 Å². The van der Waals surface area contributed by atoms with Crippen LogP contribution in [0.25, 0.3) is 0 Å². The van der Waals surface area contributed by atoms with Gasteiger partial charge in [-0.05, 0) is 31.5 Å². The maximum Gasteiger partial charge on any atom is 0.0417 e. The van der Waals surface area contributed by atoms with Crippen molar-refractivity contribution in [2.45, 2.75) is 24.3 Å². The highest BCUT2D eigenvalue weighted by Gasteiger charge is 2.03. The van der Waals surface area contributed by atoms with E-state index in [-0.39, 0.29) is 6.04 Å². The van der Waals surface area contributed by atoms with Gasteiger partial charge in [0, 0.05) is 21.7 Å². The van der Waals surface area contributed by atoms with E-state index >= 15 is 0 Å². The van der Waals surface area contributed by atoms with Gasteiger partial charge < -0.3 is 5.73 Å². The fourth-order valence-corrected chi connectivity index (χ4v) is 2.43. The van der Waals surface area contributed by atoms with Crippen molar-refractivity contribution in [3.8, 4) is 0 Å². The Morgan fingerprint density at radius 3 is 2.93 bits per heavy atom. The third kappa shape index (κ3) is 5.26. The minimum atomic E-state index is 0.173. The molecule has 3 heteroatoms. The van der Waals surface area contributed by atoms with Crippen LogP contribution in [0.15, 0.2) is 41.3 Å². The van der Waals surface area contributed by atoms with Crippen molar-refractivity contribution >= 4 is 23.4 Å². The molecule has 15 heavy (non-hydrogen) atoms. The van der Waals surface area contributed by atoms with Crippen molar-refractivity contribution in [2.75, 3.05) is 5.75 Å². The van der Waals surface area contributed by atoms with Crippen LogP contribution in [0.3, 0.4) is 0 Å². The van der Waals surface area contributed by atoms with Crippen LogP contribution < -0.4 is 5.73 Å². The first-order valence-electron chi connectivity index (χ1n) is 4.86. The van der Waals surface area contributed by atoms with Gasteiger partial charge >= 0.3 is 0 Å². The summed E-state index contributed by atoms with van der Waals surface area (Å²) in [6.45, 7) is 5.86. The summed E-state index contributed by atoms with van der Waals surface area (Å²) < 4.78 is 0. The molecule has 0 fully saturated rings. The number of thioether (sulfide) groups is 1. The van der Waals surface area contributed by atoms with Gasteiger partial charge in [-0.15, -0.1) is 18.3 Å². The van der Waals surface area contributed by atoms with Gasteiger partial charge in [-0.3, -0.25) is 0 Å². The van der Waals surface area contributed by atoms with E-state index in [0.717, 1.165) is 22.8 Å². The lowest BCUT2D eigenvalue weighted by molar-refractivity contribution is 0.743. The number of hydrogen-bond acceptors (Lipinski definition) is 2. The van der Waals surface area contributed by atoms with Crippen LogP contribution in [0.4, 0.5) is 0 Å². The largest absolute Gasteiger partial charge is 0.327 e. The third-order valence-corrected chi connectivity index (χ3v) is 3.29. The fraction of sp³-hybridized carbons (Fsp3) is 0.333. The van der Waals surface area contributed by atoms with Crippen molar-refractivity contribution in [3.05, 3.63) is 41.4 Å². The maximum atomic E-state index is 5.95. The Bertz CT molecular complexity index is 338. The van der Waals surface area contributed by atoms with E-state index in [1.165, 1.54) is 4.90 Å². The minimum Gasteiger partial charge on any atom is -0.327 e. The van der Waals surface area contributed by atoms with E-state index in [4.69, 9.17) is 17.3 Å². The molecule has 1 unspecified atom stereocenters. The summed E-state index contributed by atoms with van der Waals surface area (Å²) in [4.78, 5) is 1.17. The number of rotatable bonds is 5. The van der Waals surface area contributed by atoms with Crippen LogP contribution in [0.1, 0.15) is 13.3 Å². The molecule has 82 valence electrons. The first-order valence-corrected chi connectivity index (χ1v) is 6.22. The van der Waals surface area contributed by atoms with E-state index in [0.29, 0.717) is 0 Å². The van der Waals surface area contributed by atoms with Crippen LogP contribution in [0.5, 0.6) is 0 Å². The smallest absolute Gasteiger partial charge is 0.0417 e. The maximum absolute atomic E-state index is 5.95. The predicted octanol–water partition coefficient (Wildman–Crippen LogP) is 3.73. The lowest BCUT2D eigenvalue weighted by Crippen LogP contribution is -2.22. The van der Waals surface area contributed by atoms with E-state index in [1.807, 2.05) is 31.2 Å². The first kappa shape index (κ1) is 12.6. The summed E-state index contributed by atoms with van der Waals surface area (Å²) in [5.74, 6) is 0.896. The molecule has 0 aromatic heterocycles. The molecule has 0 aliphatic heterocycles. The molecule has 2 N–H and O–H groups in total. The Morgan fingerprint density at radius 2 is 2.33 bits per heavy atom. The summed E-state index contributed by atoms with van der Waals surface area (Å²) in [6.07, 6.45) is 0.883. The highest BCUT2D eigenvalue weighted by atomic mass is 35.5. The average Bonchev–Trinajstić information content (AvgIpc) is 2.14. The van der Waals surface area contributed by atoms with Crippen molar-refractivity contribution in [2.24, 2.45) is 5.73 Å². The predicted molar refractivity (Wildman–Crippen MR) is 69.6 cm³/mol. The Hall–Kier alpha value is -0.440. The summed E-state index contributed by atoms with van der Waals surface area (Å²) in [5, 5.41) is 0.772. The zero-order valence-electron chi connectivity index (χ0n) is 8.87. The SMILES string of the molecule is C=C(C)CC(N)CSc1cccc(Cl)c1. The number of hydrogen-bond donors (Lipinski definition) is 1. The van der Waals surface area contributed by atoms with Crippen molar-refractivity contribution in [1.82, 2.24) is 0 Å². The van der Waals surface area contributed by atoms with Gasteiger partial charge in [0.25, 0.3) is 0 Å². The number of halogens is 1. The normalized spacial score (nSPS) is 12.5. The molecular formula is C12H16ClNS. The second-order valence-electron chi connectivity index (χ2n) is 3.69. The highest BCUT2D eigenvalue weighted by molar-refractivity contribution is 7.99. The van der Waals surface area contributed by atoms with Crippen LogP contribution in [0.2, 0.25) is 5.02 Å². The standard InChI is InChI=1S/C12H16ClNS/c1-9(2)6-11(14)8-15-12-5-3-4-10(13)7-12/h3-5,7,11H,1,6,8,14H2,2H3. The average molecular weight is 242 g/mol. The topological polar surface area (TPSA) is 26.0 Å². The molecule has 0 amide bonds. The van der Waals surface area contributed by atoms with Gasteiger partial charge in [-0.2, -0.15) is 0 Å². The lowest BCUT2D eigenvalue weighted by Gasteiger charge is -2.10. The molecule has 0 radical (unpaired) electrons. The van der Waals surface area contributed by atoms with Crippen LogP contribution in [0, 0.1) is 0 Å². The molecule has 1 aromatic carbocycles. The molecule has 0 heterocycles. The molecule has 1 atom stereocenters. The molecule has 0 aliphatic carbocycles. The summed E-state index contributed by atoms with van der Waals surface area (Å²) in [6, 6.07) is 8.00. The van der Waals surface area contributed by atoms with Crippen LogP contribution in [-0.4, -0.2) is 11.8 Å². The molecule has 0 bridgehead atoms. The molecule has 1 rings (SSSR count). The van der Waals surface area contributed by atoms with Gasteiger partial charge in [0.05, 0.1) is 0 Å². The van der Waals surface area contributed by atoms with Crippen molar-refractivity contribution < 1.29 is 0 Å². The second kappa shape index (κ2) is 6.21. The van der Waals surface area contributed by atoms with E-state index in [1.54, 1.807) is 11.8 Å². The molecule has 1 nitrogen and oxygen atoms in total. The molecule has 0 saturated carbocycles. The lowest BCUT2D eigenvalue weighted by atomic mass is 10.1. The molecule has 0 aliphatic rings. The Kier molecular flexibility index (Phi) is 5.23. The summed E-state index contributed by atoms with van der Waals surface area (Å²) in [7, 11) is 0. The van der Waals surface area contributed by atoms with Gasteiger partial charge in [0.2, 0.25) is 0 Å². The summed E-state index contributed by atoms with van der Waals surface area (Å²) >= 11 is 7.62. The number of benzene rings is 1. The quantitative estimate of drug-likeness (QED) is 0.628. The van der Waals surface area contributed by atoms with Gasteiger partial charge in [0.15, 0.2) is 0 Å². The Balaban J connectivity index is 2.40. The van der Waals surface area contributed by atoms with Gasteiger partial charge in [0.1, 0.15) is 0 Å². The molecule has 0 saturated heterocycles. The Labute approximate surface area is 101 Å². The minimum absolute atomic E-state index is 0.173. The summed E-state index contributed by atoms with van der Waals surface area (Å²) in [5.41, 5.74) is 7.08. The zero-order valence-corrected chi connectivity index (χ0v) is 10.4. The van der Waals surface area contributed by atoms with Gasteiger partial charge in [-0.1, -0.05) is 23.2 Å². The fourth-order valence-electron chi connectivity index (χ4n) is 1.27.